The van der Waals surface area contributed by atoms with Gasteiger partial charge in [-0.2, -0.15) is 0 Å². The Bertz CT molecular complexity index is 427. The van der Waals surface area contributed by atoms with Crippen LogP contribution in [0.5, 0.6) is 0 Å². The van der Waals surface area contributed by atoms with Gasteiger partial charge in [-0.15, -0.1) is 10.2 Å². The summed E-state index contributed by atoms with van der Waals surface area (Å²) in [6, 6.07) is 0.644. The predicted molar refractivity (Wildman–Crippen MR) is 72.8 cm³/mol. The first-order chi connectivity index (χ1) is 9.26. The highest BCUT2D eigenvalue weighted by molar-refractivity contribution is 5.12. The summed E-state index contributed by atoms with van der Waals surface area (Å²) >= 11 is 0. The average Bonchev–Trinajstić information content (AvgIpc) is 2.70. The zero-order valence-corrected chi connectivity index (χ0v) is 11.9. The number of aryl methyl sites for hydroxylation is 1. The molecule has 2 fully saturated rings. The third kappa shape index (κ3) is 2.19. The Morgan fingerprint density at radius 1 is 1.53 bits per heavy atom. The molecule has 106 valence electrons. The van der Waals surface area contributed by atoms with Crippen molar-refractivity contribution >= 4 is 0 Å². The number of nitrogens with zero attached hydrogens (tertiary/aromatic N) is 3. The molecule has 1 spiro atoms. The fourth-order valence-corrected chi connectivity index (χ4v) is 3.62. The lowest BCUT2D eigenvalue weighted by Gasteiger charge is -2.61. The molecule has 5 heteroatoms. The van der Waals surface area contributed by atoms with Crippen LogP contribution in [0.1, 0.15) is 38.4 Å². The molecule has 2 saturated carbocycles. The van der Waals surface area contributed by atoms with Crippen LogP contribution < -0.4 is 5.32 Å². The summed E-state index contributed by atoms with van der Waals surface area (Å²) in [5.41, 5.74) is 0.454. The molecule has 19 heavy (non-hydrogen) atoms. The Balaban J connectivity index is 1.48. The first-order valence-corrected chi connectivity index (χ1v) is 7.44. The first kappa shape index (κ1) is 13.1. The first-order valence-electron chi connectivity index (χ1n) is 7.44. The van der Waals surface area contributed by atoms with Gasteiger partial charge in [-0.1, -0.05) is 6.42 Å². The van der Waals surface area contributed by atoms with Crippen molar-refractivity contribution in [3.8, 4) is 0 Å². The minimum atomic E-state index is 0.454. The van der Waals surface area contributed by atoms with Crippen molar-refractivity contribution < 1.29 is 4.74 Å². The number of hydrogen-bond donors (Lipinski definition) is 1. The smallest absolute Gasteiger partial charge is 0.133 e. The van der Waals surface area contributed by atoms with E-state index in [4.69, 9.17) is 4.74 Å². The van der Waals surface area contributed by atoms with Gasteiger partial charge in [0.15, 0.2) is 0 Å². The molecule has 2 aliphatic carbocycles. The second-order valence-electron chi connectivity index (χ2n) is 5.88. The molecule has 2 aliphatic rings. The van der Waals surface area contributed by atoms with Crippen LogP contribution in [-0.2, 0) is 18.2 Å². The summed E-state index contributed by atoms with van der Waals surface area (Å²) in [5, 5.41) is 11.7. The number of nitrogens with one attached hydrogen (secondary N) is 1. The van der Waals surface area contributed by atoms with Crippen LogP contribution in [0.25, 0.3) is 0 Å². The fraction of sp³-hybridized carbons (Fsp3) is 0.857. The molecule has 1 aromatic heterocycles. The molecule has 0 bridgehead atoms. The Kier molecular flexibility index (Phi) is 3.58. The van der Waals surface area contributed by atoms with Crippen molar-refractivity contribution in [2.75, 3.05) is 13.2 Å². The van der Waals surface area contributed by atoms with Gasteiger partial charge < -0.3 is 14.6 Å². The quantitative estimate of drug-likeness (QED) is 0.841. The molecule has 2 unspecified atom stereocenters. The molecule has 0 aliphatic heterocycles. The predicted octanol–water partition coefficient (Wildman–Crippen LogP) is 1.29. The van der Waals surface area contributed by atoms with Crippen molar-refractivity contribution in [1.82, 2.24) is 20.1 Å². The summed E-state index contributed by atoms with van der Waals surface area (Å²) in [6.45, 7) is 3.93. The third-order valence-electron chi connectivity index (χ3n) is 4.98. The summed E-state index contributed by atoms with van der Waals surface area (Å²) in [6.07, 6.45) is 8.41. The molecular weight excluding hydrogens is 240 g/mol. The van der Waals surface area contributed by atoms with E-state index in [2.05, 4.69) is 22.4 Å². The third-order valence-corrected chi connectivity index (χ3v) is 4.98. The van der Waals surface area contributed by atoms with Gasteiger partial charge in [0.2, 0.25) is 0 Å². The average molecular weight is 264 g/mol. The van der Waals surface area contributed by atoms with Crippen LogP contribution in [0.15, 0.2) is 6.33 Å². The van der Waals surface area contributed by atoms with Crippen molar-refractivity contribution in [3.05, 3.63) is 12.2 Å². The maximum Gasteiger partial charge on any atom is 0.133 e. The van der Waals surface area contributed by atoms with E-state index in [0.29, 0.717) is 17.6 Å². The number of ether oxygens (including phenoxy) is 1. The van der Waals surface area contributed by atoms with Crippen molar-refractivity contribution in [2.45, 2.75) is 51.2 Å². The molecule has 0 amide bonds. The van der Waals surface area contributed by atoms with Crippen LogP contribution in [0.2, 0.25) is 0 Å². The zero-order valence-electron chi connectivity index (χ0n) is 11.9. The number of rotatable bonds is 6. The molecule has 0 radical (unpaired) electrons. The lowest BCUT2D eigenvalue weighted by Crippen LogP contribution is -2.67. The largest absolute Gasteiger partial charge is 0.378 e. The van der Waals surface area contributed by atoms with E-state index in [1.807, 2.05) is 11.6 Å². The van der Waals surface area contributed by atoms with Gasteiger partial charge >= 0.3 is 0 Å². The molecule has 0 aromatic carbocycles. The molecular formula is C14H24N4O. The minimum Gasteiger partial charge on any atom is -0.378 e. The Morgan fingerprint density at radius 3 is 2.95 bits per heavy atom. The second-order valence-corrected chi connectivity index (χ2v) is 5.88. The standard InChI is InChI=1S/C14H24N4O/c1-3-19-12-9-11(14(12)6-4-7-14)15-8-5-13-17-16-10-18(13)2/h10-12,15H,3-9H2,1-2H3. The van der Waals surface area contributed by atoms with Gasteiger partial charge in [-0.3, -0.25) is 0 Å². The van der Waals surface area contributed by atoms with Crippen LogP contribution >= 0.6 is 0 Å². The van der Waals surface area contributed by atoms with Crippen molar-refractivity contribution in [1.29, 1.82) is 0 Å². The molecule has 1 heterocycles. The lowest BCUT2D eigenvalue weighted by molar-refractivity contribution is -0.172. The van der Waals surface area contributed by atoms with Crippen molar-refractivity contribution in [3.63, 3.8) is 0 Å². The fourth-order valence-electron chi connectivity index (χ4n) is 3.62. The van der Waals surface area contributed by atoms with Crippen molar-refractivity contribution in [2.24, 2.45) is 12.5 Å². The van der Waals surface area contributed by atoms with E-state index >= 15 is 0 Å². The van der Waals surface area contributed by atoms with Crippen LogP contribution in [0, 0.1) is 5.41 Å². The summed E-state index contributed by atoms with van der Waals surface area (Å²) < 4.78 is 7.86. The highest BCUT2D eigenvalue weighted by atomic mass is 16.5. The maximum absolute atomic E-state index is 5.87. The van der Waals surface area contributed by atoms with Gasteiger partial charge in [0.05, 0.1) is 6.10 Å². The Hall–Kier alpha value is -0.940. The highest BCUT2D eigenvalue weighted by Gasteiger charge is 2.58. The summed E-state index contributed by atoms with van der Waals surface area (Å²) in [7, 11) is 2.00. The molecule has 0 saturated heterocycles. The van der Waals surface area contributed by atoms with E-state index in [1.54, 1.807) is 6.33 Å². The van der Waals surface area contributed by atoms with E-state index in [0.717, 1.165) is 25.4 Å². The molecule has 2 atom stereocenters. The minimum absolute atomic E-state index is 0.454. The molecule has 1 N–H and O–H groups in total. The second kappa shape index (κ2) is 5.21. The zero-order chi connectivity index (χ0) is 13.3. The van der Waals surface area contributed by atoms with Crippen LogP contribution in [-0.4, -0.2) is 40.1 Å². The lowest BCUT2D eigenvalue weighted by atomic mass is 9.51. The van der Waals surface area contributed by atoms with E-state index < -0.39 is 0 Å². The Labute approximate surface area is 114 Å². The SMILES string of the molecule is CCOC1CC(NCCc2nncn2C)C12CCC2. The van der Waals surface area contributed by atoms with Gasteiger partial charge in [-0.05, 0) is 26.2 Å². The molecule has 5 nitrogen and oxygen atoms in total. The topological polar surface area (TPSA) is 52.0 Å². The summed E-state index contributed by atoms with van der Waals surface area (Å²) in [4.78, 5) is 0. The number of aromatic nitrogens is 3. The van der Waals surface area contributed by atoms with E-state index in [1.165, 1.54) is 25.7 Å². The van der Waals surface area contributed by atoms with Crippen LogP contribution in [0.3, 0.4) is 0 Å². The molecule has 1 aromatic rings. The monoisotopic (exact) mass is 264 g/mol. The van der Waals surface area contributed by atoms with Crippen LogP contribution in [0.4, 0.5) is 0 Å². The number of hydrogen-bond acceptors (Lipinski definition) is 4. The van der Waals surface area contributed by atoms with Gasteiger partial charge in [0, 0.05) is 38.1 Å². The van der Waals surface area contributed by atoms with Gasteiger partial charge in [-0.25, -0.2) is 0 Å². The van der Waals surface area contributed by atoms with E-state index in [-0.39, 0.29) is 0 Å². The molecule has 3 rings (SSSR count). The van der Waals surface area contributed by atoms with Gasteiger partial charge in [0.25, 0.3) is 0 Å². The Morgan fingerprint density at radius 2 is 2.37 bits per heavy atom. The maximum atomic E-state index is 5.87. The normalized spacial score (nSPS) is 28.1. The highest BCUT2D eigenvalue weighted by Crippen LogP contribution is 2.57. The van der Waals surface area contributed by atoms with E-state index in [9.17, 15) is 0 Å². The summed E-state index contributed by atoms with van der Waals surface area (Å²) in [5.74, 6) is 1.05. The van der Waals surface area contributed by atoms with Gasteiger partial charge in [0.1, 0.15) is 12.2 Å².